The van der Waals surface area contributed by atoms with E-state index in [0.717, 1.165) is 31.4 Å². The highest BCUT2D eigenvalue weighted by atomic mass is 16.4. The number of carboxylic acid groups (broad SMARTS) is 1. The summed E-state index contributed by atoms with van der Waals surface area (Å²) in [5.74, 6) is -0.211. The molecule has 4 nitrogen and oxygen atoms in total. The first kappa shape index (κ1) is 14.7. The van der Waals surface area contributed by atoms with Crippen molar-refractivity contribution in [2.24, 2.45) is 28.6 Å². The number of hydrogen-bond acceptors (Lipinski definition) is 2. The maximum atomic E-state index is 11.7. The van der Waals surface area contributed by atoms with E-state index in [9.17, 15) is 14.7 Å². The number of allylic oxidation sites excluding steroid dienone is 4. The fraction of sp³-hybridized carbons (Fsp3) is 0.579. The SMILES string of the molecule is C[C@]12CC[C@H]3C(=CC=C4NC(=O)C=C[C@@]43C)[C@@H]1CC[C@@H]2C(=O)O. The molecule has 0 unspecified atom stereocenters. The van der Waals surface area contributed by atoms with Crippen molar-refractivity contribution in [2.45, 2.75) is 39.5 Å². The number of amides is 1. The molecule has 1 heterocycles. The summed E-state index contributed by atoms with van der Waals surface area (Å²) in [6, 6.07) is 0. The number of fused-ring (bicyclic) bond motifs is 5. The van der Waals surface area contributed by atoms with Crippen molar-refractivity contribution in [3.05, 3.63) is 35.6 Å². The Labute approximate surface area is 136 Å². The van der Waals surface area contributed by atoms with Crippen LogP contribution < -0.4 is 5.32 Å². The lowest BCUT2D eigenvalue weighted by atomic mass is 9.53. The molecule has 1 aliphatic heterocycles. The molecule has 4 rings (SSSR count). The topological polar surface area (TPSA) is 66.4 Å². The van der Waals surface area contributed by atoms with Gasteiger partial charge in [0.15, 0.2) is 0 Å². The van der Waals surface area contributed by atoms with Gasteiger partial charge in [-0.1, -0.05) is 24.6 Å². The Balaban J connectivity index is 1.76. The van der Waals surface area contributed by atoms with Crippen LogP contribution in [0.4, 0.5) is 0 Å². The van der Waals surface area contributed by atoms with E-state index in [0.29, 0.717) is 11.8 Å². The Kier molecular flexibility index (Phi) is 2.94. The average Bonchev–Trinajstić information content (AvgIpc) is 2.85. The minimum atomic E-state index is -0.642. The quantitative estimate of drug-likeness (QED) is 0.782. The van der Waals surface area contributed by atoms with Crippen LogP contribution in [0, 0.1) is 28.6 Å². The molecule has 0 aromatic carbocycles. The Morgan fingerprint density at radius 3 is 2.74 bits per heavy atom. The van der Waals surface area contributed by atoms with Crippen LogP contribution in [-0.2, 0) is 9.59 Å². The van der Waals surface area contributed by atoms with Crippen molar-refractivity contribution in [1.82, 2.24) is 5.32 Å². The predicted molar refractivity (Wildman–Crippen MR) is 86.2 cm³/mol. The lowest BCUT2D eigenvalue weighted by molar-refractivity contribution is -0.146. The lowest BCUT2D eigenvalue weighted by Gasteiger charge is -2.52. The second kappa shape index (κ2) is 4.59. The maximum absolute atomic E-state index is 11.7. The molecule has 0 aromatic rings. The molecule has 2 fully saturated rings. The number of carbonyl (C=O) groups excluding carboxylic acids is 1. The van der Waals surface area contributed by atoms with Gasteiger partial charge in [-0.25, -0.2) is 0 Å². The van der Waals surface area contributed by atoms with Gasteiger partial charge in [0.2, 0.25) is 5.91 Å². The van der Waals surface area contributed by atoms with Gasteiger partial charge in [-0.15, -0.1) is 0 Å². The summed E-state index contributed by atoms with van der Waals surface area (Å²) in [6.45, 7) is 4.36. The zero-order valence-corrected chi connectivity index (χ0v) is 13.6. The zero-order chi connectivity index (χ0) is 16.4. The summed E-state index contributed by atoms with van der Waals surface area (Å²) < 4.78 is 0. The molecule has 1 amide bonds. The van der Waals surface area contributed by atoms with E-state index in [1.807, 2.05) is 12.2 Å². The molecule has 0 bridgehead atoms. The maximum Gasteiger partial charge on any atom is 0.307 e. The van der Waals surface area contributed by atoms with Crippen LogP contribution in [0.2, 0.25) is 0 Å². The van der Waals surface area contributed by atoms with Gasteiger partial charge in [0.25, 0.3) is 0 Å². The molecule has 122 valence electrons. The van der Waals surface area contributed by atoms with Crippen LogP contribution >= 0.6 is 0 Å². The first-order valence-corrected chi connectivity index (χ1v) is 8.51. The minimum absolute atomic E-state index is 0.0574. The average molecular weight is 313 g/mol. The Morgan fingerprint density at radius 1 is 1.22 bits per heavy atom. The van der Waals surface area contributed by atoms with Gasteiger partial charge in [-0.3, -0.25) is 9.59 Å². The lowest BCUT2D eigenvalue weighted by Crippen LogP contribution is -2.48. The summed E-state index contributed by atoms with van der Waals surface area (Å²) in [5, 5.41) is 12.6. The monoisotopic (exact) mass is 313 g/mol. The van der Waals surface area contributed by atoms with E-state index in [-0.39, 0.29) is 22.7 Å². The van der Waals surface area contributed by atoms with Gasteiger partial charge in [-0.05, 0) is 55.9 Å². The molecule has 2 saturated carbocycles. The van der Waals surface area contributed by atoms with Crippen LogP contribution in [0.5, 0.6) is 0 Å². The Morgan fingerprint density at radius 2 is 2.00 bits per heavy atom. The van der Waals surface area contributed by atoms with Crippen molar-refractivity contribution < 1.29 is 14.7 Å². The Bertz CT molecular complexity index is 689. The highest BCUT2D eigenvalue weighted by molar-refractivity contribution is 5.91. The molecule has 3 aliphatic carbocycles. The number of rotatable bonds is 1. The highest BCUT2D eigenvalue weighted by Crippen LogP contribution is 2.63. The third-order valence-electron chi connectivity index (χ3n) is 7.00. The number of aliphatic carboxylic acids is 1. The largest absolute Gasteiger partial charge is 0.481 e. The molecule has 0 radical (unpaired) electrons. The predicted octanol–water partition coefficient (Wildman–Crippen LogP) is 3.03. The summed E-state index contributed by atoms with van der Waals surface area (Å²) >= 11 is 0. The van der Waals surface area contributed by atoms with Crippen LogP contribution in [0.1, 0.15) is 39.5 Å². The van der Waals surface area contributed by atoms with Crippen LogP contribution in [0.15, 0.2) is 35.6 Å². The summed E-state index contributed by atoms with van der Waals surface area (Å²) in [5.41, 5.74) is 2.09. The van der Waals surface area contributed by atoms with Crippen LogP contribution in [0.25, 0.3) is 0 Å². The van der Waals surface area contributed by atoms with Gasteiger partial charge < -0.3 is 10.4 Å². The summed E-state index contributed by atoms with van der Waals surface area (Å²) in [6.07, 6.45) is 11.6. The smallest absolute Gasteiger partial charge is 0.307 e. The molecule has 0 aromatic heterocycles. The van der Waals surface area contributed by atoms with E-state index in [1.165, 1.54) is 5.57 Å². The normalized spacial score (nSPS) is 44.4. The van der Waals surface area contributed by atoms with Gasteiger partial charge in [0.05, 0.1) is 5.92 Å². The number of nitrogens with one attached hydrogen (secondary N) is 1. The summed E-state index contributed by atoms with van der Waals surface area (Å²) in [4.78, 5) is 23.3. The van der Waals surface area contributed by atoms with Gasteiger partial charge in [-0.2, -0.15) is 0 Å². The molecule has 5 atom stereocenters. The molecule has 2 N–H and O–H groups in total. The van der Waals surface area contributed by atoms with Crippen molar-refractivity contribution in [1.29, 1.82) is 0 Å². The standard InChI is InChI=1S/C19H23NO3/c1-18-9-7-13-11(12(18)4-5-14(18)17(22)23)3-6-15-19(13,2)10-8-16(21)20-15/h3,6,8,10,12-14H,4-5,7,9H2,1-2H3,(H,20,21)(H,22,23)/t12-,13-,14+,18-,19+/m0/s1. The first-order chi connectivity index (χ1) is 10.9. The van der Waals surface area contributed by atoms with Crippen molar-refractivity contribution >= 4 is 11.9 Å². The molecule has 4 aliphatic rings. The van der Waals surface area contributed by atoms with Crippen molar-refractivity contribution in [2.75, 3.05) is 0 Å². The van der Waals surface area contributed by atoms with Crippen molar-refractivity contribution in [3.63, 3.8) is 0 Å². The van der Waals surface area contributed by atoms with E-state index < -0.39 is 5.97 Å². The van der Waals surface area contributed by atoms with E-state index in [2.05, 4.69) is 25.2 Å². The number of hydrogen-bond donors (Lipinski definition) is 2. The van der Waals surface area contributed by atoms with E-state index in [1.54, 1.807) is 6.08 Å². The molecule has 0 spiro atoms. The molecule has 4 heteroatoms. The van der Waals surface area contributed by atoms with Crippen LogP contribution in [-0.4, -0.2) is 17.0 Å². The van der Waals surface area contributed by atoms with Gasteiger partial charge >= 0.3 is 5.97 Å². The Hall–Kier alpha value is -1.84. The minimum Gasteiger partial charge on any atom is -0.481 e. The second-order valence-electron chi connectivity index (χ2n) is 7.97. The third kappa shape index (κ3) is 1.84. The molecule has 0 saturated heterocycles. The molecule has 23 heavy (non-hydrogen) atoms. The first-order valence-electron chi connectivity index (χ1n) is 8.51. The second-order valence-corrected chi connectivity index (χ2v) is 7.97. The van der Waals surface area contributed by atoms with E-state index >= 15 is 0 Å². The van der Waals surface area contributed by atoms with Gasteiger partial charge in [0.1, 0.15) is 0 Å². The molecular formula is C19H23NO3. The van der Waals surface area contributed by atoms with Crippen molar-refractivity contribution in [3.8, 4) is 0 Å². The third-order valence-corrected chi connectivity index (χ3v) is 7.00. The number of carboxylic acids is 1. The van der Waals surface area contributed by atoms with E-state index in [4.69, 9.17) is 0 Å². The summed E-state index contributed by atoms with van der Waals surface area (Å²) in [7, 11) is 0. The van der Waals surface area contributed by atoms with Gasteiger partial charge in [0, 0.05) is 17.2 Å². The molecular weight excluding hydrogens is 290 g/mol. The number of carbonyl (C=O) groups is 2. The fourth-order valence-electron chi connectivity index (χ4n) is 5.63. The fourth-order valence-corrected chi connectivity index (χ4v) is 5.63. The zero-order valence-electron chi connectivity index (χ0n) is 13.6. The van der Waals surface area contributed by atoms with Crippen LogP contribution in [0.3, 0.4) is 0 Å². The highest BCUT2D eigenvalue weighted by Gasteiger charge is 2.57.